The number of likely N-dealkylation sites (tertiary alicyclic amines) is 1. The first-order chi connectivity index (χ1) is 8.11. The Morgan fingerprint density at radius 2 is 1.82 bits per heavy atom. The van der Waals surface area contributed by atoms with Gasteiger partial charge in [-0.25, -0.2) is 0 Å². The molecule has 2 rings (SSSR count). The van der Waals surface area contributed by atoms with E-state index in [1.807, 2.05) is 17.0 Å². The number of carbonyl (C=O) groups excluding carboxylic acids is 1. The summed E-state index contributed by atoms with van der Waals surface area (Å²) < 4.78 is 0. The molecule has 17 heavy (non-hydrogen) atoms. The number of hydrogen-bond donors (Lipinski definition) is 0. The van der Waals surface area contributed by atoms with E-state index >= 15 is 0 Å². The maximum atomic E-state index is 12.5. The Morgan fingerprint density at radius 1 is 1.24 bits per heavy atom. The highest BCUT2D eigenvalue weighted by molar-refractivity contribution is 6.33. The fraction of sp³-hybridized carbons (Fsp3) is 0.500. The van der Waals surface area contributed by atoms with E-state index in [0.717, 1.165) is 12.8 Å². The van der Waals surface area contributed by atoms with Crippen LogP contribution in [0, 0.1) is 0 Å². The van der Waals surface area contributed by atoms with Crippen molar-refractivity contribution in [1.82, 2.24) is 4.90 Å². The van der Waals surface area contributed by atoms with Crippen molar-refractivity contribution < 1.29 is 4.79 Å². The van der Waals surface area contributed by atoms with Crippen molar-refractivity contribution in [2.45, 2.75) is 45.2 Å². The molecule has 1 amide bonds. The number of rotatable bonds is 1. The van der Waals surface area contributed by atoms with Crippen molar-refractivity contribution in [1.29, 1.82) is 0 Å². The lowest BCUT2D eigenvalue weighted by Crippen LogP contribution is -2.47. The summed E-state index contributed by atoms with van der Waals surface area (Å²) in [5.41, 5.74) is 0.620. The first kappa shape index (κ1) is 12.4. The smallest absolute Gasteiger partial charge is 0.255 e. The quantitative estimate of drug-likeness (QED) is 0.745. The number of benzene rings is 1. The van der Waals surface area contributed by atoms with Crippen molar-refractivity contribution in [3.05, 3.63) is 34.9 Å². The molecule has 1 aromatic carbocycles. The summed E-state index contributed by atoms with van der Waals surface area (Å²) in [4.78, 5) is 14.5. The van der Waals surface area contributed by atoms with Crippen molar-refractivity contribution in [2.75, 3.05) is 0 Å². The van der Waals surface area contributed by atoms with Crippen molar-refractivity contribution >= 4 is 17.5 Å². The molecule has 0 saturated carbocycles. The molecule has 92 valence electrons. The minimum atomic E-state index is 0.0651. The predicted molar refractivity (Wildman–Crippen MR) is 70.4 cm³/mol. The Labute approximate surface area is 108 Å². The fourth-order valence-electron chi connectivity index (χ4n) is 2.60. The van der Waals surface area contributed by atoms with E-state index in [0.29, 0.717) is 22.7 Å². The molecule has 2 atom stereocenters. The Morgan fingerprint density at radius 3 is 2.41 bits per heavy atom. The molecular formula is C14H18ClNO. The van der Waals surface area contributed by atoms with Gasteiger partial charge in [-0.3, -0.25) is 4.79 Å². The Balaban J connectivity index is 2.27. The van der Waals surface area contributed by atoms with Gasteiger partial charge in [-0.1, -0.05) is 23.7 Å². The number of hydrogen-bond acceptors (Lipinski definition) is 1. The summed E-state index contributed by atoms with van der Waals surface area (Å²) >= 11 is 6.09. The number of amides is 1. The minimum Gasteiger partial charge on any atom is -0.333 e. The van der Waals surface area contributed by atoms with Gasteiger partial charge in [0.05, 0.1) is 10.6 Å². The van der Waals surface area contributed by atoms with Crippen LogP contribution in [0.1, 0.15) is 43.5 Å². The molecule has 1 aromatic rings. The van der Waals surface area contributed by atoms with Gasteiger partial charge in [-0.05, 0) is 45.2 Å². The van der Waals surface area contributed by atoms with E-state index in [4.69, 9.17) is 11.6 Å². The van der Waals surface area contributed by atoms with Gasteiger partial charge < -0.3 is 4.90 Å². The summed E-state index contributed by atoms with van der Waals surface area (Å²) in [6, 6.07) is 7.90. The fourth-order valence-corrected chi connectivity index (χ4v) is 2.81. The summed E-state index contributed by atoms with van der Waals surface area (Å²) in [6.07, 6.45) is 3.37. The SMILES string of the molecule is CC1CCCC(C)N1C(=O)c1ccccc1Cl. The number of carbonyl (C=O) groups is 1. The molecule has 1 aliphatic heterocycles. The molecular weight excluding hydrogens is 234 g/mol. The molecule has 0 spiro atoms. The van der Waals surface area contributed by atoms with Crippen LogP contribution in [0.5, 0.6) is 0 Å². The highest BCUT2D eigenvalue weighted by atomic mass is 35.5. The molecule has 2 nitrogen and oxygen atoms in total. The summed E-state index contributed by atoms with van der Waals surface area (Å²) in [5, 5.41) is 0.544. The zero-order valence-electron chi connectivity index (χ0n) is 10.3. The molecule has 3 heteroatoms. The van der Waals surface area contributed by atoms with Gasteiger partial charge in [-0.15, -0.1) is 0 Å². The highest BCUT2D eigenvalue weighted by Gasteiger charge is 2.30. The van der Waals surface area contributed by atoms with Crippen LogP contribution in [0.3, 0.4) is 0 Å². The molecule has 1 fully saturated rings. The Hall–Kier alpha value is -1.02. The maximum absolute atomic E-state index is 12.5. The van der Waals surface area contributed by atoms with Crippen LogP contribution in [0.15, 0.2) is 24.3 Å². The van der Waals surface area contributed by atoms with Crippen LogP contribution in [0.4, 0.5) is 0 Å². The van der Waals surface area contributed by atoms with Gasteiger partial charge in [0, 0.05) is 12.1 Å². The highest BCUT2D eigenvalue weighted by Crippen LogP contribution is 2.26. The van der Waals surface area contributed by atoms with Gasteiger partial charge in [0.15, 0.2) is 0 Å². The predicted octanol–water partition coefficient (Wildman–Crippen LogP) is 3.74. The molecule has 2 unspecified atom stereocenters. The van der Waals surface area contributed by atoms with Crippen LogP contribution in [0.2, 0.25) is 5.02 Å². The maximum Gasteiger partial charge on any atom is 0.255 e. The third-order valence-corrected chi connectivity index (χ3v) is 3.86. The number of piperidine rings is 1. The Kier molecular flexibility index (Phi) is 3.72. The lowest BCUT2D eigenvalue weighted by molar-refractivity contribution is 0.0511. The number of nitrogens with zero attached hydrogens (tertiary/aromatic N) is 1. The first-order valence-corrected chi connectivity index (χ1v) is 6.56. The standard InChI is InChI=1S/C14H18ClNO/c1-10-6-5-7-11(2)16(10)14(17)12-8-3-4-9-13(12)15/h3-4,8-11H,5-7H2,1-2H3. The second-order valence-electron chi connectivity index (χ2n) is 4.82. The normalized spacial score (nSPS) is 24.8. The van der Waals surface area contributed by atoms with Crippen LogP contribution in [-0.2, 0) is 0 Å². The lowest BCUT2D eigenvalue weighted by atomic mass is 9.96. The van der Waals surface area contributed by atoms with Crippen LogP contribution < -0.4 is 0 Å². The van der Waals surface area contributed by atoms with Crippen LogP contribution in [-0.4, -0.2) is 22.9 Å². The van der Waals surface area contributed by atoms with E-state index in [2.05, 4.69) is 13.8 Å². The molecule has 1 aliphatic rings. The van der Waals surface area contributed by atoms with Crippen molar-refractivity contribution in [2.24, 2.45) is 0 Å². The van der Waals surface area contributed by atoms with E-state index in [1.165, 1.54) is 6.42 Å². The summed E-state index contributed by atoms with van der Waals surface area (Å²) in [7, 11) is 0. The largest absolute Gasteiger partial charge is 0.333 e. The Bertz CT molecular complexity index is 408. The number of halogens is 1. The van der Waals surface area contributed by atoms with Gasteiger partial charge in [0.25, 0.3) is 5.91 Å². The molecule has 1 heterocycles. The third kappa shape index (κ3) is 2.47. The van der Waals surface area contributed by atoms with Gasteiger partial charge in [0.2, 0.25) is 0 Å². The average molecular weight is 252 g/mol. The van der Waals surface area contributed by atoms with Gasteiger partial charge in [0.1, 0.15) is 0 Å². The second-order valence-corrected chi connectivity index (χ2v) is 5.23. The van der Waals surface area contributed by atoms with Crippen LogP contribution in [0.25, 0.3) is 0 Å². The molecule has 0 N–H and O–H groups in total. The lowest BCUT2D eigenvalue weighted by Gasteiger charge is -2.39. The molecule has 0 bridgehead atoms. The zero-order chi connectivity index (χ0) is 12.4. The minimum absolute atomic E-state index is 0.0651. The summed E-state index contributed by atoms with van der Waals surface area (Å²) in [6.45, 7) is 4.23. The first-order valence-electron chi connectivity index (χ1n) is 6.18. The third-order valence-electron chi connectivity index (χ3n) is 3.53. The zero-order valence-corrected chi connectivity index (χ0v) is 11.1. The van der Waals surface area contributed by atoms with Gasteiger partial charge in [-0.2, -0.15) is 0 Å². The van der Waals surface area contributed by atoms with Crippen molar-refractivity contribution in [3.63, 3.8) is 0 Å². The average Bonchev–Trinajstić information content (AvgIpc) is 2.29. The van der Waals surface area contributed by atoms with E-state index < -0.39 is 0 Å². The molecule has 0 aromatic heterocycles. The van der Waals surface area contributed by atoms with E-state index in [-0.39, 0.29) is 5.91 Å². The summed E-state index contributed by atoms with van der Waals surface area (Å²) in [5.74, 6) is 0.0651. The topological polar surface area (TPSA) is 20.3 Å². The molecule has 1 saturated heterocycles. The van der Waals surface area contributed by atoms with Crippen LogP contribution >= 0.6 is 11.6 Å². The van der Waals surface area contributed by atoms with Crippen molar-refractivity contribution in [3.8, 4) is 0 Å². The van der Waals surface area contributed by atoms with E-state index in [1.54, 1.807) is 12.1 Å². The molecule has 0 aliphatic carbocycles. The monoisotopic (exact) mass is 251 g/mol. The van der Waals surface area contributed by atoms with Gasteiger partial charge >= 0.3 is 0 Å². The second kappa shape index (κ2) is 5.09. The van der Waals surface area contributed by atoms with E-state index in [9.17, 15) is 4.79 Å². The molecule has 0 radical (unpaired) electrons.